The topological polar surface area (TPSA) is 121 Å². The van der Waals surface area contributed by atoms with E-state index >= 15 is 0 Å². The van der Waals surface area contributed by atoms with E-state index < -0.39 is 7.82 Å². The summed E-state index contributed by atoms with van der Waals surface area (Å²) in [4.78, 5) is 25.6. The third kappa shape index (κ3) is 181. The fourth-order valence-electron chi connectivity index (χ4n) is 0. The molecule has 8 heteroatoms. The van der Waals surface area contributed by atoms with Crippen molar-refractivity contribution in [3.05, 3.63) is 0 Å². The Morgan fingerprint density at radius 3 is 1.12 bits per heavy atom. The van der Waals surface area contributed by atoms with Crippen LogP contribution in [0.4, 0.5) is 0 Å². The number of hydrogen-bond acceptors (Lipinski definition) is 5. The molecule has 45 valence electrons. The van der Waals surface area contributed by atoms with E-state index in [-0.39, 0.29) is 43.6 Å². The first-order valence-corrected chi connectivity index (χ1v) is 2.19. The molecule has 0 saturated heterocycles. The van der Waals surface area contributed by atoms with E-state index in [1.54, 1.807) is 0 Å². The third-order valence-corrected chi connectivity index (χ3v) is 0. The van der Waals surface area contributed by atoms with Gasteiger partial charge in [-0.2, -0.15) is 7.82 Å². The minimum atomic E-state index is -5.39. The van der Waals surface area contributed by atoms with E-state index in [1.165, 1.54) is 0 Å². The van der Waals surface area contributed by atoms with Crippen LogP contribution in [0.3, 0.4) is 0 Å². The van der Waals surface area contributed by atoms with Gasteiger partial charge < -0.3 is 25.4 Å². The van der Waals surface area contributed by atoms with Crippen molar-refractivity contribution in [1.82, 2.24) is 6.15 Å². The molecule has 0 rings (SSSR count). The zero-order chi connectivity index (χ0) is 4.50. The van der Waals surface area contributed by atoms with Crippen molar-refractivity contribution in [2.75, 3.05) is 0 Å². The molecule has 0 heterocycles. The van der Waals surface area contributed by atoms with Gasteiger partial charge in [-0.15, -0.1) is 0 Å². The fourth-order valence-corrected chi connectivity index (χ4v) is 0. The van der Waals surface area contributed by atoms with Gasteiger partial charge in [-0.3, -0.25) is 0 Å². The number of rotatable bonds is 0. The van der Waals surface area contributed by atoms with Gasteiger partial charge in [0.2, 0.25) is 0 Å². The Bertz CT molecular complexity index is 62.2. The maximum absolute atomic E-state index is 8.55. The minimum Gasteiger partial charge on any atom is -0.822 e. The minimum absolute atomic E-state index is 0. The zero-order valence-electron chi connectivity index (χ0n) is 4.23. The Labute approximate surface area is 70.7 Å². The monoisotopic (exact) mass is 170 g/mol. The summed E-state index contributed by atoms with van der Waals surface area (Å²) in [6.07, 6.45) is 0. The van der Waals surface area contributed by atoms with Gasteiger partial charge in [0.25, 0.3) is 0 Å². The van der Waals surface area contributed by atoms with Crippen LogP contribution in [0.1, 0.15) is 0 Å². The van der Waals surface area contributed by atoms with Gasteiger partial charge in [0, 0.05) is 18.6 Å². The van der Waals surface area contributed by atoms with Crippen LogP contribution < -0.4 is 39.7 Å². The molecule has 0 aliphatic carbocycles. The van der Waals surface area contributed by atoms with Crippen molar-refractivity contribution in [1.29, 1.82) is 0 Å². The molecular weight excluding hydrogens is 167 g/mol. The molecule has 0 saturated carbocycles. The molecule has 0 aromatic heterocycles. The van der Waals surface area contributed by atoms with Crippen LogP contribution >= 0.6 is 7.82 Å². The van der Waals surface area contributed by atoms with E-state index in [0.29, 0.717) is 0 Å². The molecular formula is H3LiNO4PV-2. The molecule has 0 spiro atoms. The van der Waals surface area contributed by atoms with E-state index in [0.717, 1.165) is 0 Å². The second-order valence-electron chi connectivity index (χ2n) is 0.447. The molecule has 0 aliphatic heterocycles. The second kappa shape index (κ2) is 8.25. The first-order valence-electron chi connectivity index (χ1n) is 0.730. The van der Waals surface area contributed by atoms with Crippen LogP contribution in [-0.4, -0.2) is 0 Å². The predicted molar refractivity (Wildman–Crippen MR) is 12.6 cm³/mol. The van der Waals surface area contributed by atoms with Crippen LogP contribution in [0.5, 0.6) is 0 Å². The van der Waals surface area contributed by atoms with Gasteiger partial charge in [-0.1, -0.05) is 0 Å². The summed E-state index contributed by atoms with van der Waals surface area (Å²) in [7, 11) is -5.39. The zero-order valence-corrected chi connectivity index (χ0v) is 6.53. The van der Waals surface area contributed by atoms with Crippen LogP contribution in [-0.2, 0) is 23.1 Å². The molecule has 0 bridgehead atoms. The molecule has 3 N–H and O–H groups in total. The second-order valence-corrected chi connectivity index (χ2v) is 1.34. The summed E-state index contributed by atoms with van der Waals surface area (Å²) < 4.78 is 8.55. The van der Waals surface area contributed by atoms with Gasteiger partial charge in [0.1, 0.15) is 0 Å². The fraction of sp³-hybridized carbons (Fsp3) is 0. The Morgan fingerprint density at radius 1 is 1.12 bits per heavy atom. The van der Waals surface area contributed by atoms with Crippen molar-refractivity contribution >= 4 is 7.82 Å². The van der Waals surface area contributed by atoms with Gasteiger partial charge in [-0.25, -0.2) is 0 Å². The normalized spacial score (nSPS) is 7.38. The molecule has 0 unspecified atom stereocenters. The predicted octanol–water partition coefficient (Wildman–Crippen LogP) is -5.66. The van der Waals surface area contributed by atoms with Crippen molar-refractivity contribution in [3.63, 3.8) is 0 Å². The standard InChI is InChI=1S/Li.H3N.H3O4P.V/c;;1-5(2,3)4;/h;1H3;(H3,1,2,3,4);/q+1;;;/p-3. The Balaban J connectivity index is -0.0000000267. The molecule has 0 atom stereocenters. The third-order valence-electron chi connectivity index (χ3n) is 0. The van der Waals surface area contributed by atoms with Gasteiger partial charge in [0.05, 0.1) is 0 Å². The average Bonchev–Trinajstić information content (AvgIpc) is 0.722. The molecule has 8 heavy (non-hydrogen) atoms. The Kier molecular flexibility index (Phi) is 23.6. The van der Waals surface area contributed by atoms with E-state index in [4.69, 9.17) is 19.2 Å². The smallest absolute Gasteiger partial charge is 0.822 e. The van der Waals surface area contributed by atoms with Crippen LogP contribution in [0.15, 0.2) is 0 Å². The number of hydrogen-bond donors (Lipinski definition) is 1. The molecule has 0 fully saturated rings. The summed E-state index contributed by atoms with van der Waals surface area (Å²) in [5.74, 6) is 0. The van der Waals surface area contributed by atoms with E-state index in [9.17, 15) is 0 Å². The molecule has 0 amide bonds. The van der Waals surface area contributed by atoms with Gasteiger partial charge in [-0.05, 0) is 0 Å². The van der Waals surface area contributed by atoms with Crippen molar-refractivity contribution < 1.29 is 56.7 Å². The van der Waals surface area contributed by atoms with Crippen molar-refractivity contribution in [2.24, 2.45) is 0 Å². The number of phosphoric acid groups is 1. The van der Waals surface area contributed by atoms with Crippen LogP contribution in [0.2, 0.25) is 0 Å². The maximum atomic E-state index is 8.55. The first-order chi connectivity index (χ1) is 2.00. The van der Waals surface area contributed by atoms with Crippen molar-refractivity contribution in [3.8, 4) is 0 Å². The molecule has 5 nitrogen and oxygen atoms in total. The Hall–Kier alpha value is 1.25. The molecule has 1 radical (unpaired) electrons. The largest absolute Gasteiger partial charge is 1.00 e. The first kappa shape index (κ1) is 22.8. The van der Waals surface area contributed by atoms with Crippen molar-refractivity contribution in [2.45, 2.75) is 0 Å². The summed E-state index contributed by atoms with van der Waals surface area (Å²) in [6.45, 7) is 0. The molecule has 0 aromatic carbocycles. The van der Waals surface area contributed by atoms with E-state index in [1.807, 2.05) is 0 Å². The Morgan fingerprint density at radius 2 is 1.12 bits per heavy atom. The summed E-state index contributed by atoms with van der Waals surface area (Å²) >= 11 is 0. The quantitative estimate of drug-likeness (QED) is 0.286. The summed E-state index contributed by atoms with van der Waals surface area (Å²) in [6, 6.07) is 0. The summed E-state index contributed by atoms with van der Waals surface area (Å²) in [5.41, 5.74) is 0. The van der Waals surface area contributed by atoms with Gasteiger partial charge in [0.15, 0.2) is 0 Å². The maximum Gasteiger partial charge on any atom is 1.00 e. The molecule has 0 aliphatic rings. The SMILES string of the molecule is N.O=P([O-])([O-])[O-].[Li+].[V]. The van der Waals surface area contributed by atoms with Crippen LogP contribution in [0.25, 0.3) is 0 Å². The van der Waals surface area contributed by atoms with E-state index in [2.05, 4.69) is 0 Å². The van der Waals surface area contributed by atoms with Crippen LogP contribution in [0, 0.1) is 0 Å². The molecule has 0 aromatic rings. The average molecular weight is 170 g/mol. The summed E-state index contributed by atoms with van der Waals surface area (Å²) in [5, 5.41) is 0. The van der Waals surface area contributed by atoms with Gasteiger partial charge >= 0.3 is 18.9 Å².